The van der Waals surface area contributed by atoms with Gasteiger partial charge in [0, 0.05) is 19.4 Å². The lowest BCUT2D eigenvalue weighted by atomic mass is 10.4. The van der Waals surface area contributed by atoms with Crippen molar-refractivity contribution in [1.29, 1.82) is 5.26 Å². The molecule has 0 aliphatic rings. The summed E-state index contributed by atoms with van der Waals surface area (Å²) in [6.45, 7) is 0. The highest BCUT2D eigenvalue weighted by molar-refractivity contribution is 8.01. The van der Waals surface area contributed by atoms with Gasteiger partial charge >= 0.3 is 0 Å². The fourth-order valence-electron chi connectivity index (χ4n) is 1.54. The largest absolute Gasteiger partial charge is 0.304 e. The molecule has 0 aromatic carbocycles. The summed E-state index contributed by atoms with van der Waals surface area (Å²) in [6, 6.07) is 2.04. The third-order valence-electron chi connectivity index (χ3n) is 2.54. The smallest absolute Gasteiger partial charge is 0.196 e. The molecule has 0 bridgehead atoms. The molecule has 3 aromatic rings. The molecule has 0 saturated carbocycles. The van der Waals surface area contributed by atoms with Crippen LogP contribution >= 0.6 is 34.9 Å². The number of hydrogen-bond donors (Lipinski definition) is 0. The first-order valence-corrected chi connectivity index (χ1v) is 7.56. The molecule has 0 atom stereocenters. The molecule has 3 aromatic heterocycles. The van der Waals surface area contributed by atoms with E-state index in [2.05, 4.69) is 24.5 Å². The highest BCUT2D eigenvalue weighted by Gasteiger charge is 2.18. The van der Waals surface area contributed by atoms with Crippen LogP contribution in [0.1, 0.15) is 5.56 Å². The summed E-state index contributed by atoms with van der Waals surface area (Å²) < 4.78 is 6.43. The van der Waals surface area contributed by atoms with E-state index in [0.717, 1.165) is 11.5 Å². The van der Waals surface area contributed by atoms with Crippen molar-refractivity contribution in [2.75, 3.05) is 0 Å². The van der Waals surface area contributed by atoms with Crippen molar-refractivity contribution in [1.82, 2.24) is 29.1 Å². The molecule has 0 spiro atoms. The van der Waals surface area contributed by atoms with Crippen LogP contribution in [0.15, 0.2) is 28.0 Å². The normalized spacial score (nSPS) is 10.5. The molecule has 0 unspecified atom stereocenters. The Morgan fingerprint density at radius 2 is 2.24 bits per heavy atom. The first kappa shape index (κ1) is 13.9. The van der Waals surface area contributed by atoms with E-state index >= 15 is 0 Å². The fraction of sp³-hybridized carbons (Fsp3) is 0.0909. The topological polar surface area (TPSA) is 93.2 Å². The van der Waals surface area contributed by atoms with Gasteiger partial charge in [-0.3, -0.25) is 4.98 Å². The lowest BCUT2D eigenvalue weighted by molar-refractivity contribution is 0.792. The molecular formula is C11H6ClN7S2. The van der Waals surface area contributed by atoms with Crippen molar-refractivity contribution in [2.45, 2.75) is 9.37 Å². The van der Waals surface area contributed by atoms with Crippen LogP contribution in [0.3, 0.4) is 0 Å². The van der Waals surface area contributed by atoms with Crippen LogP contribution in [0.4, 0.5) is 0 Å². The monoisotopic (exact) mass is 335 g/mol. The second-order valence-corrected chi connectivity index (χ2v) is 6.17. The average molecular weight is 336 g/mol. The predicted molar refractivity (Wildman–Crippen MR) is 78.0 cm³/mol. The van der Waals surface area contributed by atoms with Gasteiger partial charge in [0.1, 0.15) is 21.5 Å². The third-order valence-corrected chi connectivity index (χ3v) is 4.96. The van der Waals surface area contributed by atoms with E-state index in [1.54, 1.807) is 23.2 Å². The van der Waals surface area contributed by atoms with Gasteiger partial charge in [0.15, 0.2) is 16.1 Å². The van der Waals surface area contributed by atoms with Crippen LogP contribution in [0.25, 0.3) is 11.5 Å². The zero-order valence-electron chi connectivity index (χ0n) is 10.6. The quantitative estimate of drug-likeness (QED) is 0.725. The Morgan fingerprint density at radius 1 is 1.38 bits per heavy atom. The molecule has 104 valence electrons. The number of hydrogen-bond acceptors (Lipinski definition) is 8. The Balaban J connectivity index is 1.95. The van der Waals surface area contributed by atoms with Gasteiger partial charge in [0.25, 0.3) is 0 Å². The van der Waals surface area contributed by atoms with E-state index in [1.807, 2.05) is 13.1 Å². The van der Waals surface area contributed by atoms with Crippen LogP contribution in [0, 0.1) is 11.3 Å². The second-order valence-electron chi connectivity index (χ2n) is 3.81. The molecule has 3 heterocycles. The van der Waals surface area contributed by atoms with Crippen molar-refractivity contribution in [2.24, 2.45) is 7.05 Å². The maximum atomic E-state index is 9.08. The van der Waals surface area contributed by atoms with E-state index in [4.69, 9.17) is 16.9 Å². The maximum absolute atomic E-state index is 9.08. The molecule has 21 heavy (non-hydrogen) atoms. The number of halogens is 1. The predicted octanol–water partition coefficient (Wildman–Crippen LogP) is 2.40. The summed E-state index contributed by atoms with van der Waals surface area (Å²) in [5.74, 6) is 0.597. The van der Waals surface area contributed by atoms with Gasteiger partial charge < -0.3 is 4.57 Å². The molecule has 10 heteroatoms. The van der Waals surface area contributed by atoms with E-state index in [0.29, 0.717) is 26.4 Å². The standard InChI is InChI=1S/C11H6ClN7S2/c1-19-9(7-5-14-2-3-15-7)16-17-11(19)20-10-6(4-13)8(12)18-21-10/h2-3,5H,1H3. The summed E-state index contributed by atoms with van der Waals surface area (Å²) >= 11 is 8.31. The van der Waals surface area contributed by atoms with Crippen molar-refractivity contribution in [3.63, 3.8) is 0 Å². The van der Waals surface area contributed by atoms with Gasteiger partial charge in [-0.05, 0) is 23.3 Å². The van der Waals surface area contributed by atoms with E-state index in [9.17, 15) is 0 Å². The van der Waals surface area contributed by atoms with Crippen molar-refractivity contribution < 1.29 is 0 Å². The fourth-order valence-corrected chi connectivity index (χ4v) is 3.58. The minimum Gasteiger partial charge on any atom is -0.304 e. The second kappa shape index (κ2) is 5.77. The van der Waals surface area contributed by atoms with Crippen molar-refractivity contribution in [3.8, 4) is 17.6 Å². The Morgan fingerprint density at radius 3 is 2.95 bits per heavy atom. The summed E-state index contributed by atoms with van der Waals surface area (Å²) in [6.07, 6.45) is 4.80. The number of rotatable bonds is 3. The summed E-state index contributed by atoms with van der Waals surface area (Å²) in [7, 11) is 1.82. The average Bonchev–Trinajstić information content (AvgIpc) is 3.04. The lowest BCUT2D eigenvalue weighted by Gasteiger charge is -2.01. The minimum absolute atomic E-state index is 0.210. The van der Waals surface area contributed by atoms with Crippen LogP contribution < -0.4 is 0 Å². The Labute approximate surface area is 132 Å². The van der Waals surface area contributed by atoms with E-state index in [-0.39, 0.29) is 5.15 Å². The molecule has 3 rings (SSSR count). The summed E-state index contributed by atoms with van der Waals surface area (Å²) in [5, 5.41) is 18.1. The lowest BCUT2D eigenvalue weighted by Crippen LogP contribution is -1.96. The highest BCUT2D eigenvalue weighted by Crippen LogP contribution is 2.36. The first-order chi connectivity index (χ1) is 10.2. The molecule has 0 saturated heterocycles. The Bertz CT molecular complexity index is 821. The van der Waals surface area contributed by atoms with Gasteiger partial charge in [-0.15, -0.1) is 10.2 Å². The summed E-state index contributed by atoms with van der Waals surface area (Å²) in [5.41, 5.74) is 0.984. The number of nitrogens with zero attached hydrogens (tertiary/aromatic N) is 7. The Hall–Kier alpha value is -2.02. The van der Waals surface area contributed by atoms with Crippen LogP contribution in [-0.2, 0) is 7.05 Å². The molecule has 0 fully saturated rings. The zero-order valence-corrected chi connectivity index (χ0v) is 12.9. The molecular weight excluding hydrogens is 330 g/mol. The highest BCUT2D eigenvalue weighted by atomic mass is 35.5. The number of nitriles is 1. The molecule has 0 aliphatic carbocycles. The Kier molecular flexibility index (Phi) is 3.83. The molecule has 0 radical (unpaired) electrons. The summed E-state index contributed by atoms with van der Waals surface area (Å²) in [4.78, 5) is 8.20. The van der Waals surface area contributed by atoms with Gasteiger partial charge in [-0.1, -0.05) is 11.6 Å². The zero-order chi connectivity index (χ0) is 14.8. The van der Waals surface area contributed by atoms with Gasteiger partial charge in [-0.25, -0.2) is 4.98 Å². The van der Waals surface area contributed by atoms with Crippen LogP contribution in [0.5, 0.6) is 0 Å². The van der Waals surface area contributed by atoms with Crippen LogP contribution in [-0.4, -0.2) is 29.1 Å². The SMILES string of the molecule is Cn1c(Sc2snc(Cl)c2C#N)nnc1-c1cnccn1. The maximum Gasteiger partial charge on any atom is 0.196 e. The van der Waals surface area contributed by atoms with E-state index < -0.39 is 0 Å². The van der Waals surface area contributed by atoms with Gasteiger partial charge in [-0.2, -0.15) is 9.64 Å². The minimum atomic E-state index is 0.210. The van der Waals surface area contributed by atoms with Crippen molar-refractivity contribution >= 4 is 34.9 Å². The molecule has 0 amide bonds. The third kappa shape index (κ3) is 2.61. The van der Waals surface area contributed by atoms with E-state index in [1.165, 1.54) is 11.8 Å². The van der Waals surface area contributed by atoms with Crippen molar-refractivity contribution in [3.05, 3.63) is 29.3 Å². The van der Waals surface area contributed by atoms with Gasteiger partial charge in [0.2, 0.25) is 0 Å². The molecule has 7 nitrogen and oxygen atoms in total. The molecule has 0 aliphatic heterocycles. The number of aromatic nitrogens is 6. The van der Waals surface area contributed by atoms with Gasteiger partial charge in [0.05, 0.1) is 6.20 Å². The first-order valence-electron chi connectivity index (χ1n) is 5.59. The van der Waals surface area contributed by atoms with Crippen LogP contribution in [0.2, 0.25) is 5.15 Å². The molecule has 0 N–H and O–H groups in total.